The Kier molecular flexibility index (Phi) is 4.17. The van der Waals surface area contributed by atoms with Crippen LogP contribution in [0.3, 0.4) is 0 Å². The van der Waals surface area contributed by atoms with Crippen LogP contribution in [0, 0.1) is 0 Å². The minimum absolute atomic E-state index is 0.0832. The van der Waals surface area contributed by atoms with Crippen molar-refractivity contribution in [3.63, 3.8) is 0 Å². The van der Waals surface area contributed by atoms with E-state index in [1.165, 1.54) is 0 Å². The van der Waals surface area contributed by atoms with Crippen molar-refractivity contribution in [3.05, 3.63) is 101 Å². The Morgan fingerprint density at radius 3 is 2.40 bits per heavy atom. The second kappa shape index (κ2) is 6.88. The van der Waals surface area contributed by atoms with Crippen LogP contribution in [0.5, 0.6) is 5.75 Å². The molecule has 0 aliphatic carbocycles. The Hall–Kier alpha value is -3.86. The fraction of sp³-hybridized carbons (Fsp3) is 0.120. The van der Waals surface area contributed by atoms with Crippen LogP contribution < -0.4 is 10.2 Å². The van der Waals surface area contributed by atoms with Crippen LogP contribution in [0.4, 0.5) is 0 Å². The summed E-state index contributed by atoms with van der Waals surface area (Å²) in [4.78, 5) is 24.8. The third-order valence-corrected chi connectivity index (χ3v) is 5.40. The first-order chi connectivity index (χ1) is 14.6. The van der Waals surface area contributed by atoms with Crippen LogP contribution >= 0.6 is 0 Å². The van der Waals surface area contributed by atoms with E-state index in [2.05, 4.69) is 6.58 Å². The fourth-order valence-electron chi connectivity index (χ4n) is 3.84. The summed E-state index contributed by atoms with van der Waals surface area (Å²) in [5.41, 5.74) is 1.20. The molecular weight excluding hydrogens is 380 g/mol. The lowest BCUT2D eigenvalue weighted by Gasteiger charge is -2.27. The number of cyclic esters (lactones) is 1. The Morgan fingerprint density at radius 1 is 0.900 bits per heavy atom. The van der Waals surface area contributed by atoms with Gasteiger partial charge in [-0.25, -0.2) is 4.79 Å². The largest absolute Gasteiger partial charge is 0.489 e. The maximum atomic E-state index is 12.7. The zero-order valence-corrected chi connectivity index (χ0v) is 16.1. The van der Waals surface area contributed by atoms with E-state index in [9.17, 15) is 9.59 Å². The van der Waals surface area contributed by atoms with Crippen molar-refractivity contribution in [2.24, 2.45) is 0 Å². The summed E-state index contributed by atoms with van der Waals surface area (Å²) >= 11 is 0. The monoisotopic (exact) mass is 398 g/mol. The number of rotatable bonds is 4. The quantitative estimate of drug-likeness (QED) is 0.283. The summed E-state index contributed by atoms with van der Waals surface area (Å²) in [5, 5.41) is 1.03. The highest BCUT2D eigenvalue weighted by molar-refractivity contribution is 5.91. The molecule has 5 nitrogen and oxygen atoms in total. The van der Waals surface area contributed by atoms with Gasteiger partial charge in [-0.1, -0.05) is 49.0 Å². The topological polar surface area (TPSA) is 65.7 Å². The second-order valence-electron chi connectivity index (χ2n) is 7.40. The van der Waals surface area contributed by atoms with Gasteiger partial charge in [0.25, 0.3) is 0 Å². The van der Waals surface area contributed by atoms with E-state index in [-0.39, 0.29) is 12.0 Å². The second-order valence-corrected chi connectivity index (χ2v) is 7.40. The lowest BCUT2D eigenvalue weighted by atomic mass is 9.90. The molecule has 1 saturated heterocycles. The number of fused-ring (bicyclic) bond motifs is 2. The lowest BCUT2D eigenvalue weighted by Crippen LogP contribution is -2.33. The number of hydrogen-bond donors (Lipinski definition) is 0. The molecule has 0 N–H and O–H groups in total. The fourth-order valence-corrected chi connectivity index (χ4v) is 3.84. The molecule has 30 heavy (non-hydrogen) atoms. The zero-order valence-electron chi connectivity index (χ0n) is 16.1. The Labute approximate surface area is 172 Å². The maximum absolute atomic E-state index is 12.7. The van der Waals surface area contributed by atoms with Crippen molar-refractivity contribution in [1.82, 2.24) is 0 Å². The van der Waals surface area contributed by atoms with Crippen LogP contribution in [0.2, 0.25) is 0 Å². The molecule has 1 aromatic heterocycles. The van der Waals surface area contributed by atoms with Crippen molar-refractivity contribution < 1.29 is 18.7 Å². The van der Waals surface area contributed by atoms with Gasteiger partial charge in [0.05, 0.1) is 10.8 Å². The molecule has 2 heterocycles. The highest BCUT2D eigenvalue weighted by Crippen LogP contribution is 2.39. The van der Waals surface area contributed by atoms with Crippen molar-refractivity contribution in [2.45, 2.75) is 12.0 Å². The first-order valence-corrected chi connectivity index (χ1v) is 9.61. The van der Waals surface area contributed by atoms with Gasteiger partial charge in [0, 0.05) is 18.1 Å². The van der Waals surface area contributed by atoms with Crippen LogP contribution in [-0.2, 0) is 15.1 Å². The summed E-state index contributed by atoms with van der Waals surface area (Å²) in [6, 6.07) is 21.7. The van der Waals surface area contributed by atoms with E-state index in [0.29, 0.717) is 39.7 Å². The molecule has 0 saturated carbocycles. The smallest absolute Gasteiger partial charge is 0.334 e. The summed E-state index contributed by atoms with van der Waals surface area (Å²) in [7, 11) is 0. The third kappa shape index (κ3) is 2.95. The number of benzene rings is 3. The minimum atomic E-state index is -0.936. The highest BCUT2D eigenvalue weighted by Gasteiger charge is 2.45. The van der Waals surface area contributed by atoms with Gasteiger partial charge in [-0.05, 0) is 29.8 Å². The van der Waals surface area contributed by atoms with E-state index < -0.39 is 11.6 Å². The van der Waals surface area contributed by atoms with Gasteiger partial charge in [-0.15, -0.1) is 0 Å². The summed E-state index contributed by atoms with van der Waals surface area (Å²) < 4.78 is 17.6. The molecular formula is C25H18O5. The third-order valence-electron chi connectivity index (χ3n) is 5.40. The molecule has 5 heteroatoms. The van der Waals surface area contributed by atoms with Gasteiger partial charge in [0.2, 0.25) is 5.43 Å². The molecule has 0 radical (unpaired) electrons. The molecule has 1 unspecified atom stereocenters. The molecule has 1 aliphatic heterocycles. The van der Waals surface area contributed by atoms with Crippen molar-refractivity contribution in [2.75, 3.05) is 6.61 Å². The summed E-state index contributed by atoms with van der Waals surface area (Å²) in [6.45, 7) is 3.93. The molecule has 1 aliphatic rings. The minimum Gasteiger partial charge on any atom is -0.489 e. The molecule has 0 bridgehead atoms. The van der Waals surface area contributed by atoms with Gasteiger partial charge in [-0.2, -0.15) is 0 Å². The number of carbonyl (C=O) groups is 1. The first kappa shape index (κ1) is 18.2. The average Bonchev–Trinajstić information content (AvgIpc) is 3.07. The van der Waals surface area contributed by atoms with Crippen LogP contribution in [0.15, 0.2) is 94.2 Å². The van der Waals surface area contributed by atoms with E-state index in [0.717, 1.165) is 5.56 Å². The number of hydrogen-bond acceptors (Lipinski definition) is 5. The lowest BCUT2D eigenvalue weighted by molar-refractivity contribution is -0.150. The molecule has 148 valence electrons. The predicted octanol–water partition coefficient (Wildman–Crippen LogP) is 4.72. The standard InChI is InChI=1S/C25H18O5/c1-16-14-25(30-24(16)27,17-7-3-2-4-8-17)15-28-18-11-12-20-22(13-18)29-21-10-6-5-9-19(21)23(20)26/h2-13H,1,14-15H2. The molecule has 0 amide bonds. The molecule has 0 spiro atoms. The number of esters is 1. The van der Waals surface area contributed by atoms with Crippen LogP contribution in [0.1, 0.15) is 12.0 Å². The Balaban J connectivity index is 1.50. The van der Waals surface area contributed by atoms with Crippen molar-refractivity contribution >= 4 is 27.9 Å². The van der Waals surface area contributed by atoms with Crippen molar-refractivity contribution in [3.8, 4) is 5.75 Å². The van der Waals surface area contributed by atoms with Gasteiger partial charge in [0.15, 0.2) is 5.60 Å². The molecule has 1 atom stereocenters. The summed E-state index contributed by atoms with van der Waals surface area (Å²) in [5.74, 6) is 0.100. The van der Waals surface area contributed by atoms with Gasteiger partial charge < -0.3 is 13.9 Å². The van der Waals surface area contributed by atoms with Crippen molar-refractivity contribution in [1.29, 1.82) is 0 Å². The van der Waals surface area contributed by atoms with Crippen LogP contribution in [0.25, 0.3) is 21.9 Å². The normalized spacial score (nSPS) is 18.7. The van der Waals surface area contributed by atoms with E-state index in [1.54, 1.807) is 30.3 Å². The Morgan fingerprint density at radius 2 is 1.63 bits per heavy atom. The maximum Gasteiger partial charge on any atom is 0.334 e. The van der Waals surface area contributed by atoms with E-state index in [1.807, 2.05) is 42.5 Å². The first-order valence-electron chi connectivity index (χ1n) is 9.61. The molecule has 5 rings (SSSR count). The predicted molar refractivity (Wildman–Crippen MR) is 113 cm³/mol. The zero-order chi connectivity index (χ0) is 20.7. The Bertz CT molecular complexity index is 1330. The van der Waals surface area contributed by atoms with Gasteiger partial charge in [0.1, 0.15) is 23.5 Å². The van der Waals surface area contributed by atoms with Crippen LogP contribution in [-0.4, -0.2) is 12.6 Å². The van der Waals surface area contributed by atoms with E-state index >= 15 is 0 Å². The van der Waals surface area contributed by atoms with Gasteiger partial charge in [-0.3, -0.25) is 4.79 Å². The number of carbonyl (C=O) groups excluding carboxylic acids is 1. The highest BCUT2D eigenvalue weighted by atomic mass is 16.6. The van der Waals surface area contributed by atoms with E-state index in [4.69, 9.17) is 13.9 Å². The summed E-state index contributed by atoms with van der Waals surface area (Å²) in [6.07, 6.45) is 0.350. The van der Waals surface area contributed by atoms with Gasteiger partial charge >= 0.3 is 5.97 Å². The average molecular weight is 398 g/mol. The number of para-hydroxylation sites is 1. The molecule has 1 fully saturated rings. The number of ether oxygens (including phenoxy) is 2. The molecule has 4 aromatic rings. The molecule has 3 aromatic carbocycles. The SMILES string of the molecule is C=C1CC(COc2ccc3c(=O)c4ccccc4oc3c2)(c2ccccc2)OC1=O.